The minimum atomic E-state index is -0.704. The van der Waals surface area contributed by atoms with Gasteiger partial charge < -0.3 is 15.0 Å². The van der Waals surface area contributed by atoms with Crippen molar-refractivity contribution in [2.75, 3.05) is 19.7 Å². The van der Waals surface area contributed by atoms with E-state index in [1.807, 2.05) is 30.3 Å². The second-order valence-corrected chi connectivity index (χ2v) is 8.07. The molecule has 0 radical (unpaired) electrons. The predicted octanol–water partition coefficient (Wildman–Crippen LogP) is 3.14. The second-order valence-electron chi connectivity index (χ2n) is 7.67. The number of hydrogen-bond donors (Lipinski definition) is 1. The summed E-state index contributed by atoms with van der Waals surface area (Å²) < 4.78 is 5.81. The van der Waals surface area contributed by atoms with Crippen molar-refractivity contribution in [3.05, 3.63) is 70.7 Å². The summed E-state index contributed by atoms with van der Waals surface area (Å²) in [5, 5.41) is 3.19. The summed E-state index contributed by atoms with van der Waals surface area (Å²) >= 11 is 6.15. The Morgan fingerprint density at radius 2 is 1.84 bits per heavy atom. The molecule has 2 atom stereocenters. The molecule has 2 aliphatic heterocycles. The van der Waals surface area contributed by atoms with Gasteiger partial charge in [0.1, 0.15) is 12.1 Å². The topological polar surface area (TPSA) is 79.0 Å². The Kier molecular flexibility index (Phi) is 6.53. The van der Waals surface area contributed by atoms with Crippen LogP contribution in [0.3, 0.4) is 0 Å². The Morgan fingerprint density at radius 1 is 1.10 bits per heavy atom. The molecule has 4 amide bonds. The van der Waals surface area contributed by atoms with E-state index in [0.717, 1.165) is 10.5 Å². The zero-order chi connectivity index (χ0) is 21.8. The van der Waals surface area contributed by atoms with Crippen LogP contribution >= 0.6 is 11.6 Å². The first-order valence-corrected chi connectivity index (χ1v) is 10.7. The molecule has 2 aromatic carbocycles. The number of hydrogen-bond acceptors (Lipinski definition) is 4. The molecule has 2 saturated heterocycles. The van der Waals surface area contributed by atoms with Crippen LogP contribution in [0, 0.1) is 0 Å². The summed E-state index contributed by atoms with van der Waals surface area (Å²) in [6.45, 7) is 1.57. The third kappa shape index (κ3) is 4.89. The van der Waals surface area contributed by atoms with Crippen molar-refractivity contribution in [3.8, 4) is 0 Å². The molecule has 0 unspecified atom stereocenters. The van der Waals surface area contributed by atoms with Crippen molar-refractivity contribution in [2.24, 2.45) is 0 Å². The average Bonchev–Trinajstić information content (AvgIpc) is 3.07. The van der Waals surface area contributed by atoms with Gasteiger partial charge in [-0.2, -0.15) is 0 Å². The molecule has 0 aromatic heterocycles. The van der Waals surface area contributed by atoms with E-state index >= 15 is 0 Å². The minimum Gasteiger partial charge on any atom is -0.370 e. The first-order valence-electron chi connectivity index (χ1n) is 10.3. The van der Waals surface area contributed by atoms with Gasteiger partial charge in [0.2, 0.25) is 5.91 Å². The first kappa shape index (κ1) is 21.3. The normalized spacial score (nSPS) is 21.3. The molecule has 2 aromatic rings. The minimum absolute atomic E-state index is 0.0455. The van der Waals surface area contributed by atoms with Gasteiger partial charge in [-0.3, -0.25) is 14.5 Å². The lowest BCUT2D eigenvalue weighted by molar-refractivity contribution is -0.139. The van der Waals surface area contributed by atoms with Gasteiger partial charge in [0.05, 0.1) is 19.7 Å². The van der Waals surface area contributed by atoms with Gasteiger partial charge in [-0.25, -0.2) is 4.79 Å². The number of morpholine rings is 1. The number of urea groups is 1. The van der Waals surface area contributed by atoms with E-state index in [1.165, 1.54) is 0 Å². The number of carbonyl (C=O) groups excluding carboxylic acids is 3. The molecule has 0 aliphatic carbocycles. The molecule has 7 nitrogen and oxygen atoms in total. The molecule has 0 spiro atoms. The lowest BCUT2D eigenvalue weighted by Crippen LogP contribution is -2.43. The molecule has 4 rings (SSSR count). The van der Waals surface area contributed by atoms with Gasteiger partial charge in [-0.05, 0) is 23.6 Å². The number of rotatable bonds is 6. The summed E-state index contributed by atoms with van der Waals surface area (Å²) in [7, 11) is 0. The van der Waals surface area contributed by atoms with Crippen molar-refractivity contribution < 1.29 is 19.1 Å². The summed E-state index contributed by atoms with van der Waals surface area (Å²) in [6, 6.07) is 15.7. The highest BCUT2D eigenvalue weighted by molar-refractivity contribution is 6.31. The molecule has 31 heavy (non-hydrogen) atoms. The Balaban J connectivity index is 1.31. The number of amides is 4. The van der Waals surface area contributed by atoms with Gasteiger partial charge in [-0.1, -0.05) is 60.1 Å². The second kappa shape index (κ2) is 9.49. The van der Waals surface area contributed by atoms with Gasteiger partial charge >= 0.3 is 6.03 Å². The lowest BCUT2D eigenvalue weighted by atomic mass is 10.1. The molecule has 0 bridgehead atoms. The van der Waals surface area contributed by atoms with Crippen LogP contribution in [-0.4, -0.2) is 53.4 Å². The highest BCUT2D eigenvalue weighted by atomic mass is 35.5. The zero-order valence-corrected chi connectivity index (χ0v) is 17.8. The van der Waals surface area contributed by atoms with Crippen molar-refractivity contribution in [3.63, 3.8) is 0 Å². The molecular weight excluding hydrogens is 418 g/mol. The molecule has 0 saturated carbocycles. The van der Waals surface area contributed by atoms with Gasteiger partial charge in [0.15, 0.2) is 0 Å². The number of nitrogens with zero attached hydrogens (tertiary/aromatic N) is 2. The Hall–Kier alpha value is -2.90. The Labute approximate surface area is 185 Å². The van der Waals surface area contributed by atoms with E-state index in [0.29, 0.717) is 30.3 Å². The quantitative estimate of drug-likeness (QED) is 0.698. The van der Waals surface area contributed by atoms with E-state index in [2.05, 4.69) is 5.32 Å². The molecule has 162 valence electrons. The van der Waals surface area contributed by atoms with Crippen molar-refractivity contribution in [2.45, 2.75) is 31.5 Å². The number of nitrogens with one attached hydrogen (secondary N) is 1. The highest BCUT2D eigenvalue weighted by Crippen LogP contribution is 2.24. The molecule has 2 heterocycles. The maximum absolute atomic E-state index is 12.8. The standard InChI is InChI=1S/C23H24ClN3O4/c24-18-9-5-4-8-17(18)14-27-22(29)19(25-23(27)30)10-11-21(28)26-12-13-31-20(15-26)16-6-2-1-3-7-16/h1-9,19-20H,10-15H2,(H,25,30)/t19-,20-/m1/s1. The maximum Gasteiger partial charge on any atom is 0.325 e. The molecule has 2 aliphatic rings. The number of halogens is 1. The van der Waals surface area contributed by atoms with Crippen LogP contribution in [0.1, 0.15) is 30.1 Å². The monoisotopic (exact) mass is 441 g/mol. The van der Waals surface area contributed by atoms with Crippen LogP contribution in [0.15, 0.2) is 54.6 Å². The third-order valence-electron chi connectivity index (χ3n) is 5.63. The lowest BCUT2D eigenvalue weighted by Gasteiger charge is -2.33. The smallest absolute Gasteiger partial charge is 0.325 e. The van der Waals surface area contributed by atoms with Crippen LogP contribution in [-0.2, 0) is 20.9 Å². The van der Waals surface area contributed by atoms with Gasteiger partial charge in [0.25, 0.3) is 5.91 Å². The Bertz CT molecular complexity index is 968. The van der Waals surface area contributed by atoms with Crippen LogP contribution in [0.25, 0.3) is 0 Å². The van der Waals surface area contributed by atoms with Gasteiger partial charge in [-0.15, -0.1) is 0 Å². The van der Waals surface area contributed by atoms with Crippen LogP contribution < -0.4 is 5.32 Å². The first-order chi connectivity index (χ1) is 15.0. The van der Waals surface area contributed by atoms with E-state index in [1.54, 1.807) is 29.2 Å². The summed E-state index contributed by atoms with van der Waals surface area (Å²) in [6.07, 6.45) is 0.284. The van der Waals surface area contributed by atoms with Crippen molar-refractivity contribution in [1.29, 1.82) is 0 Å². The number of imide groups is 1. The number of benzene rings is 2. The van der Waals surface area contributed by atoms with Crippen LogP contribution in [0.5, 0.6) is 0 Å². The molecular formula is C23H24ClN3O4. The maximum atomic E-state index is 12.8. The summed E-state index contributed by atoms with van der Waals surface area (Å²) in [5.74, 6) is -0.377. The predicted molar refractivity (Wildman–Crippen MR) is 115 cm³/mol. The van der Waals surface area contributed by atoms with E-state index in [9.17, 15) is 14.4 Å². The molecule has 8 heteroatoms. The van der Waals surface area contributed by atoms with E-state index < -0.39 is 12.1 Å². The largest absolute Gasteiger partial charge is 0.370 e. The SMILES string of the molecule is O=C(CC[C@H]1NC(=O)N(Cc2ccccc2Cl)C1=O)N1CCO[C@@H](c2ccccc2)C1. The van der Waals surface area contributed by atoms with E-state index in [-0.39, 0.29) is 37.3 Å². The van der Waals surface area contributed by atoms with Crippen LogP contribution in [0.4, 0.5) is 4.79 Å². The van der Waals surface area contributed by atoms with Crippen molar-refractivity contribution in [1.82, 2.24) is 15.1 Å². The van der Waals surface area contributed by atoms with Gasteiger partial charge in [0, 0.05) is 18.0 Å². The summed E-state index contributed by atoms with van der Waals surface area (Å²) in [4.78, 5) is 40.7. The molecule has 1 N–H and O–H groups in total. The Morgan fingerprint density at radius 3 is 2.61 bits per heavy atom. The highest BCUT2D eigenvalue weighted by Gasteiger charge is 2.38. The number of ether oxygens (including phenoxy) is 1. The fourth-order valence-electron chi connectivity index (χ4n) is 3.89. The van der Waals surface area contributed by atoms with E-state index in [4.69, 9.17) is 16.3 Å². The van der Waals surface area contributed by atoms with Crippen molar-refractivity contribution >= 4 is 29.4 Å². The average molecular weight is 442 g/mol. The summed E-state index contributed by atoms with van der Waals surface area (Å²) in [5.41, 5.74) is 1.73. The fourth-order valence-corrected chi connectivity index (χ4v) is 4.09. The zero-order valence-electron chi connectivity index (χ0n) is 17.0. The molecule has 2 fully saturated rings. The number of carbonyl (C=O) groups is 3. The third-order valence-corrected chi connectivity index (χ3v) is 6.00. The van der Waals surface area contributed by atoms with Crippen LogP contribution in [0.2, 0.25) is 5.02 Å². The fraction of sp³-hybridized carbons (Fsp3) is 0.348.